The lowest BCUT2D eigenvalue weighted by molar-refractivity contribution is 0.0606. The topological polar surface area (TPSA) is 76.5 Å². The molecule has 3 aromatic rings. The Morgan fingerprint density at radius 3 is 2.77 bits per heavy atom. The van der Waals surface area contributed by atoms with Gasteiger partial charge >= 0.3 is 0 Å². The van der Waals surface area contributed by atoms with E-state index in [9.17, 15) is 9.18 Å². The summed E-state index contributed by atoms with van der Waals surface area (Å²) in [6.07, 6.45) is 5.04. The van der Waals surface area contributed by atoms with Crippen molar-refractivity contribution in [3.05, 3.63) is 57.8 Å². The number of amides is 1. The monoisotopic (exact) mass is 427 g/mol. The Balaban J connectivity index is 1.52. The number of hydrogen-bond donors (Lipinski definition) is 1. The van der Waals surface area contributed by atoms with Gasteiger partial charge in [-0.2, -0.15) is 5.10 Å². The van der Waals surface area contributed by atoms with Gasteiger partial charge in [-0.1, -0.05) is 11.6 Å². The molecule has 0 bridgehead atoms. The van der Waals surface area contributed by atoms with Crippen LogP contribution in [0, 0.1) is 12.7 Å². The smallest absolute Gasteiger partial charge is 0.256 e. The lowest BCUT2D eigenvalue weighted by atomic mass is 9.98. The summed E-state index contributed by atoms with van der Waals surface area (Å²) < 4.78 is 16.0. The molecule has 0 spiro atoms. The number of rotatable bonds is 3. The van der Waals surface area contributed by atoms with Crippen molar-refractivity contribution in [1.29, 1.82) is 0 Å². The van der Waals surface area contributed by atoms with Crippen LogP contribution in [-0.2, 0) is 0 Å². The highest BCUT2D eigenvalue weighted by Gasteiger charge is 2.33. The first-order chi connectivity index (χ1) is 14.4. The number of halogens is 2. The molecule has 1 aliphatic heterocycles. The van der Waals surface area contributed by atoms with Crippen molar-refractivity contribution in [3.63, 3.8) is 0 Å². The molecule has 1 amide bonds. The number of anilines is 1. The number of carbonyl (C=O) groups is 1. The van der Waals surface area contributed by atoms with Crippen molar-refractivity contribution < 1.29 is 9.18 Å². The minimum Gasteiger partial charge on any atom is -0.396 e. The fourth-order valence-corrected chi connectivity index (χ4v) is 4.47. The van der Waals surface area contributed by atoms with Crippen molar-refractivity contribution in [1.82, 2.24) is 19.5 Å². The molecule has 1 saturated heterocycles. The minimum absolute atomic E-state index is 0.0902. The summed E-state index contributed by atoms with van der Waals surface area (Å²) >= 11 is 5.80. The maximum absolute atomic E-state index is 14.2. The number of hydrogen-bond acceptors (Lipinski definition) is 4. The maximum Gasteiger partial charge on any atom is 0.256 e. The molecule has 1 saturated carbocycles. The fraction of sp³-hybridized carbons (Fsp3) is 0.409. The van der Waals surface area contributed by atoms with Crippen molar-refractivity contribution in [3.8, 4) is 0 Å². The van der Waals surface area contributed by atoms with E-state index in [4.69, 9.17) is 27.4 Å². The Morgan fingerprint density at radius 1 is 1.20 bits per heavy atom. The van der Waals surface area contributed by atoms with Gasteiger partial charge in [-0.15, -0.1) is 0 Å². The molecule has 1 unspecified atom stereocenters. The number of nitrogens with two attached hydrogens (primary N) is 1. The van der Waals surface area contributed by atoms with E-state index < -0.39 is 5.82 Å². The van der Waals surface area contributed by atoms with Gasteiger partial charge in [-0.05, 0) is 57.2 Å². The molecule has 8 heteroatoms. The normalized spacial score (nSPS) is 19.4. The summed E-state index contributed by atoms with van der Waals surface area (Å²) in [6.45, 7) is 2.60. The molecule has 156 valence electrons. The SMILES string of the molecule is Cc1cc(C2CC2)nc2cc(C3CCCCN3C(=O)c3ccc(Cl)c(F)c3N)nn12. The van der Waals surface area contributed by atoms with Gasteiger partial charge in [0.2, 0.25) is 0 Å². The quantitative estimate of drug-likeness (QED) is 0.617. The van der Waals surface area contributed by atoms with Crippen molar-refractivity contribution in [2.45, 2.75) is 51.0 Å². The maximum atomic E-state index is 14.2. The molecule has 5 rings (SSSR count). The Morgan fingerprint density at radius 2 is 2.00 bits per heavy atom. The predicted molar refractivity (Wildman–Crippen MR) is 113 cm³/mol. The van der Waals surface area contributed by atoms with E-state index in [1.165, 1.54) is 25.0 Å². The summed E-state index contributed by atoms with van der Waals surface area (Å²) in [4.78, 5) is 19.8. The first-order valence-corrected chi connectivity index (χ1v) is 10.7. The number of likely N-dealkylation sites (tertiary alicyclic amines) is 1. The zero-order chi connectivity index (χ0) is 21.0. The minimum atomic E-state index is -0.753. The molecule has 2 aromatic heterocycles. The third-order valence-corrected chi connectivity index (χ3v) is 6.40. The van der Waals surface area contributed by atoms with Crippen LogP contribution in [0.1, 0.15) is 71.5 Å². The molecule has 2 aliphatic rings. The van der Waals surface area contributed by atoms with Crippen LogP contribution in [0.2, 0.25) is 5.02 Å². The Kier molecular flexibility index (Phi) is 4.65. The number of carbonyl (C=O) groups excluding carboxylic acids is 1. The van der Waals surface area contributed by atoms with Crippen LogP contribution >= 0.6 is 11.6 Å². The summed E-state index contributed by atoms with van der Waals surface area (Å²) in [5.41, 5.74) is 9.56. The molecule has 2 fully saturated rings. The largest absolute Gasteiger partial charge is 0.396 e. The van der Waals surface area contributed by atoms with Crippen molar-refractivity contribution in [2.24, 2.45) is 0 Å². The molecule has 1 aliphatic carbocycles. The third kappa shape index (κ3) is 3.21. The Hall–Kier alpha value is -2.67. The summed E-state index contributed by atoms with van der Waals surface area (Å²) in [5.74, 6) is -0.494. The van der Waals surface area contributed by atoms with E-state index in [1.807, 2.05) is 17.5 Å². The molecule has 1 aromatic carbocycles. The van der Waals surface area contributed by atoms with Gasteiger partial charge in [0.05, 0.1) is 28.0 Å². The second-order valence-corrected chi connectivity index (χ2v) is 8.68. The van der Waals surface area contributed by atoms with E-state index >= 15 is 0 Å². The first-order valence-electron chi connectivity index (χ1n) is 10.4. The molecule has 3 heterocycles. The van der Waals surface area contributed by atoms with Gasteiger partial charge in [0.15, 0.2) is 11.5 Å². The highest BCUT2D eigenvalue weighted by molar-refractivity contribution is 6.31. The van der Waals surface area contributed by atoms with Crippen LogP contribution in [0.4, 0.5) is 10.1 Å². The third-order valence-electron chi connectivity index (χ3n) is 6.11. The second-order valence-electron chi connectivity index (χ2n) is 8.27. The Bertz CT molecular complexity index is 1160. The standard InChI is InChI=1S/C22H23ClFN5O/c1-12-10-16(13-5-6-13)26-19-11-17(27-29(12)19)18-4-2-3-9-28(18)22(30)14-7-8-15(23)20(24)21(14)25/h7-8,10-11,13,18H,2-6,9,25H2,1H3. The lowest BCUT2D eigenvalue weighted by Crippen LogP contribution is -2.39. The molecule has 1 atom stereocenters. The van der Waals surface area contributed by atoms with E-state index in [0.717, 1.165) is 42.0 Å². The van der Waals surface area contributed by atoms with Crippen LogP contribution < -0.4 is 5.73 Å². The summed E-state index contributed by atoms with van der Waals surface area (Å²) in [5, 5.41) is 4.68. The van der Waals surface area contributed by atoms with Crippen molar-refractivity contribution in [2.75, 3.05) is 12.3 Å². The number of nitrogens with zero attached hydrogens (tertiary/aromatic N) is 4. The zero-order valence-corrected chi connectivity index (χ0v) is 17.5. The molecule has 2 N–H and O–H groups in total. The Labute approximate surface area is 178 Å². The number of piperidine rings is 1. The summed E-state index contributed by atoms with van der Waals surface area (Å²) in [7, 11) is 0. The predicted octanol–water partition coefficient (Wildman–Crippen LogP) is 4.66. The van der Waals surface area contributed by atoms with Crippen molar-refractivity contribution >= 4 is 28.8 Å². The van der Waals surface area contributed by atoms with Gasteiger partial charge in [0, 0.05) is 29.9 Å². The summed E-state index contributed by atoms with van der Waals surface area (Å²) in [6, 6.07) is 6.74. The lowest BCUT2D eigenvalue weighted by Gasteiger charge is -2.35. The van der Waals surface area contributed by atoms with Crippen LogP contribution in [0.15, 0.2) is 24.3 Å². The highest BCUT2D eigenvalue weighted by Crippen LogP contribution is 2.40. The average Bonchev–Trinajstić information content (AvgIpc) is 3.51. The molecular formula is C22H23ClFN5O. The van der Waals surface area contributed by atoms with Gasteiger partial charge < -0.3 is 10.6 Å². The second kappa shape index (κ2) is 7.23. The van der Waals surface area contributed by atoms with E-state index in [1.54, 1.807) is 4.90 Å². The number of aryl methyl sites for hydroxylation is 1. The van der Waals surface area contributed by atoms with Crippen LogP contribution in [-0.4, -0.2) is 31.9 Å². The average molecular weight is 428 g/mol. The number of aromatic nitrogens is 3. The van der Waals surface area contributed by atoms with Gasteiger partial charge in [0.25, 0.3) is 5.91 Å². The van der Waals surface area contributed by atoms with Crippen LogP contribution in [0.5, 0.6) is 0 Å². The number of fused-ring (bicyclic) bond motifs is 1. The van der Waals surface area contributed by atoms with E-state index in [-0.39, 0.29) is 28.2 Å². The van der Waals surface area contributed by atoms with Gasteiger partial charge in [-0.3, -0.25) is 4.79 Å². The first kappa shape index (κ1) is 19.3. The molecule has 6 nitrogen and oxygen atoms in total. The zero-order valence-electron chi connectivity index (χ0n) is 16.7. The number of benzene rings is 1. The van der Waals surface area contributed by atoms with Crippen LogP contribution in [0.25, 0.3) is 5.65 Å². The number of nitrogen functional groups attached to an aromatic ring is 1. The van der Waals surface area contributed by atoms with Gasteiger partial charge in [-0.25, -0.2) is 13.9 Å². The van der Waals surface area contributed by atoms with Gasteiger partial charge in [0.1, 0.15) is 0 Å². The van der Waals surface area contributed by atoms with E-state index in [0.29, 0.717) is 12.5 Å². The fourth-order valence-electron chi connectivity index (χ4n) is 4.31. The highest BCUT2D eigenvalue weighted by atomic mass is 35.5. The molecule has 30 heavy (non-hydrogen) atoms. The van der Waals surface area contributed by atoms with E-state index in [2.05, 4.69) is 6.07 Å². The van der Waals surface area contributed by atoms with Crippen LogP contribution in [0.3, 0.4) is 0 Å². The molecule has 0 radical (unpaired) electrons. The molecular weight excluding hydrogens is 405 g/mol.